The summed E-state index contributed by atoms with van der Waals surface area (Å²) in [4.78, 5) is 12.6. The minimum Gasteiger partial charge on any atom is -0.322 e. The van der Waals surface area contributed by atoms with E-state index in [1.165, 1.54) is 0 Å². The average molecular weight is 287 g/mol. The van der Waals surface area contributed by atoms with Crippen LogP contribution in [0.3, 0.4) is 0 Å². The Labute approximate surface area is 127 Å². The van der Waals surface area contributed by atoms with Gasteiger partial charge in [-0.25, -0.2) is 4.52 Å². The standard InChI is InChI=1S/C18H13N3O/c22-18(17-7-3-5-13-4-1-2-6-16(13)17)20-14-9-11-21-15(12-14)8-10-19-21/h1-12H,(H,20,22). The van der Waals surface area contributed by atoms with Gasteiger partial charge in [-0.3, -0.25) is 4.79 Å². The number of hydrogen-bond acceptors (Lipinski definition) is 2. The molecule has 2 heterocycles. The first kappa shape index (κ1) is 12.6. The normalized spacial score (nSPS) is 10.9. The van der Waals surface area contributed by atoms with Crippen LogP contribution in [0.5, 0.6) is 0 Å². The van der Waals surface area contributed by atoms with Crippen molar-refractivity contribution in [2.75, 3.05) is 5.32 Å². The van der Waals surface area contributed by atoms with Crippen LogP contribution in [-0.2, 0) is 0 Å². The Bertz CT molecular complexity index is 982. The molecule has 0 spiro atoms. The first-order chi connectivity index (χ1) is 10.8. The quantitative estimate of drug-likeness (QED) is 0.610. The fourth-order valence-corrected chi connectivity index (χ4v) is 2.62. The van der Waals surface area contributed by atoms with Gasteiger partial charge in [-0.2, -0.15) is 5.10 Å². The van der Waals surface area contributed by atoms with Gasteiger partial charge in [0.25, 0.3) is 5.91 Å². The number of pyridine rings is 1. The monoisotopic (exact) mass is 287 g/mol. The molecule has 0 aliphatic rings. The van der Waals surface area contributed by atoms with Gasteiger partial charge in [-0.05, 0) is 35.0 Å². The number of carbonyl (C=O) groups is 1. The van der Waals surface area contributed by atoms with Crippen molar-refractivity contribution in [2.24, 2.45) is 0 Å². The highest BCUT2D eigenvalue weighted by Gasteiger charge is 2.10. The summed E-state index contributed by atoms with van der Waals surface area (Å²) in [6, 6.07) is 19.3. The molecular formula is C18H13N3O. The Kier molecular flexibility index (Phi) is 2.86. The van der Waals surface area contributed by atoms with E-state index in [9.17, 15) is 4.79 Å². The highest BCUT2D eigenvalue weighted by Crippen LogP contribution is 2.20. The average Bonchev–Trinajstić information content (AvgIpc) is 3.02. The summed E-state index contributed by atoms with van der Waals surface area (Å²) in [5.41, 5.74) is 2.37. The summed E-state index contributed by atoms with van der Waals surface area (Å²) in [6.45, 7) is 0. The molecule has 4 rings (SSSR count). The zero-order valence-corrected chi connectivity index (χ0v) is 11.7. The van der Waals surface area contributed by atoms with E-state index in [0.717, 1.165) is 22.0 Å². The molecule has 0 bridgehead atoms. The number of benzene rings is 2. The first-order valence-electron chi connectivity index (χ1n) is 7.04. The number of fused-ring (bicyclic) bond motifs is 2. The number of amides is 1. The Balaban J connectivity index is 1.71. The number of nitrogens with one attached hydrogen (secondary N) is 1. The van der Waals surface area contributed by atoms with Gasteiger partial charge in [-0.1, -0.05) is 36.4 Å². The van der Waals surface area contributed by atoms with Crippen LogP contribution in [0.15, 0.2) is 73.1 Å². The fourth-order valence-electron chi connectivity index (χ4n) is 2.62. The van der Waals surface area contributed by atoms with E-state index in [0.29, 0.717) is 5.56 Å². The highest BCUT2D eigenvalue weighted by molar-refractivity contribution is 6.13. The van der Waals surface area contributed by atoms with E-state index in [1.807, 2.05) is 66.9 Å². The predicted octanol–water partition coefficient (Wildman–Crippen LogP) is 3.74. The molecule has 0 saturated heterocycles. The lowest BCUT2D eigenvalue weighted by molar-refractivity contribution is 0.102. The van der Waals surface area contributed by atoms with Crippen LogP contribution in [0, 0.1) is 0 Å². The second-order valence-corrected chi connectivity index (χ2v) is 5.10. The van der Waals surface area contributed by atoms with Crippen molar-refractivity contribution in [1.29, 1.82) is 0 Å². The van der Waals surface area contributed by atoms with E-state index in [-0.39, 0.29) is 5.91 Å². The molecule has 2 aromatic carbocycles. The van der Waals surface area contributed by atoms with Gasteiger partial charge in [0.1, 0.15) is 0 Å². The van der Waals surface area contributed by atoms with Crippen molar-refractivity contribution < 1.29 is 4.79 Å². The number of carbonyl (C=O) groups excluding carboxylic acids is 1. The maximum Gasteiger partial charge on any atom is 0.256 e. The number of hydrogen-bond donors (Lipinski definition) is 1. The molecule has 4 heteroatoms. The summed E-state index contributed by atoms with van der Waals surface area (Å²) in [6.07, 6.45) is 3.56. The molecular weight excluding hydrogens is 274 g/mol. The maximum atomic E-state index is 12.6. The molecule has 22 heavy (non-hydrogen) atoms. The molecule has 4 nitrogen and oxygen atoms in total. The van der Waals surface area contributed by atoms with E-state index >= 15 is 0 Å². The van der Waals surface area contributed by atoms with E-state index in [4.69, 9.17) is 0 Å². The van der Waals surface area contributed by atoms with Crippen molar-refractivity contribution in [3.8, 4) is 0 Å². The molecule has 0 radical (unpaired) electrons. The van der Waals surface area contributed by atoms with Crippen LogP contribution < -0.4 is 5.32 Å². The maximum absolute atomic E-state index is 12.6. The fraction of sp³-hybridized carbons (Fsp3) is 0. The lowest BCUT2D eigenvalue weighted by Gasteiger charge is -2.08. The summed E-state index contributed by atoms with van der Waals surface area (Å²) in [5, 5.41) is 9.10. The Hall–Kier alpha value is -3.14. The third kappa shape index (κ3) is 2.11. The van der Waals surface area contributed by atoms with Gasteiger partial charge in [0, 0.05) is 23.6 Å². The zero-order valence-electron chi connectivity index (χ0n) is 11.7. The molecule has 106 valence electrons. The minimum atomic E-state index is -0.110. The van der Waals surface area contributed by atoms with Crippen molar-refractivity contribution >= 4 is 27.9 Å². The molecule has 0 fully saturated rings. The molecule has 2 aromatic heterocycles. The van der Waals surface area contributed by atoms with E-state index in [1.54, 1.807) is 10.7 Å². The van der Waals surface area contributed by atoms with Crippen molar-refractivity contribution in [3.05, 3.63) is 78.6 Å². The van der Waals surface area contributed by atoms with Crippen LogP contribution in [0.25, 0.3) is 16.3 Å². The molecule has 0 atom stereocenters. The number of rotatable bonds is 2. The summed E-state index contributed by atoms with van der Waals surface area (Å²) < 4.78 is 1.76. The lowest BCUT2D eigenvalue weighted by Crippen LogP contribution is -2.12. The molecule has 1 amide bonds. The Morgan fingerprint density at radius 2 is 1.86 bits per heavy atom. The van der Waals surface area contributed by atoms with Crippen molar-refractivity contribution in [3.63, 3.8) is 0 Å². The van der Waals surface area contributed by atoms with E-state index < -0.39 is 0 Å². The molecule has 4 aromatic rings. The van der Waals surface area contributed by atoms with Crippen LogP contribution >= 0.6 is 0 Å². The first-order valence-corrected chi connectivity index (χ1v) is 7.04. The Morgan fingerprint density at radius 3 is 2.82 bits per heavy atom. The van der Waals surface area contributed by atoms with Gasteiger partial charge < -0.3 is 5.32 Å². The second kappa shape index (κ2) is 5.00. The van der Waals surface area contributed by atoms with Crippen molar-refractivity contribution in [2.45, 2.75) is 0 Å². The van der Waals surface area contributed by atoms with Crippen LogP contribution in [0.2, 0.25) is 0 Å². The van der Waals surface area contributed by atoms with Crippen LogP contribution in [-0.4, -0.2) is 15.5 Å². The van der Waals surface area contributed by atoms with Gasteiger partial charge in [0.05, 0.1) is 5.52 Å². The van der Waals surface area contributed by atoms with Crippen LogP contribution in [0.4, 0.5) is 5.69 Å². The van der Waals surface area contributed by atoms with Gasteiger partial charge in [0.15, 0.2) is 0 Å². The summed E-state index contributed by atoms with van der Waals surface area (Å²) >= 11 is 0. The predicted molar refractivity (Wildman–Crippen MR) is 87.1 cm³/mol. The number of aromatic nitrogens is 2. The third-order valence-electron chi connectivity index (χ3n) is 3.69. The molecule has 1 N–H and O–H groups in total. The highest BCUT2D eigenvalue weighted by atomic mass is 16.1. The van der Waals surface area contributed by atoms with E-state index in [2.05, 4.69) is 10.4 Å². The molecule has 0 unspecified atom stereocenters. The molecule has 0 saturated carbocycles. The van der Waals surface area contributed by atoms with Gasteiger partial charge >= 0.3 is 0 Å². The summed E-state index contributed by atoms with van der Waals surface area (Å²) in [7, 11) is 0. The largest absolute Gasteiger partial charge is 0.322 e. The Morgan fingerprint density at radius 1 is 1.00 bits per heavy atom. The SMILES string of the molecule is O=C(Nc1ccn2nccc2c1)c1cccc2ccccc12. The van der Waals surface area contributed by atoms with Crippen molar-refractivity contribution in [1.82, 2.24) is 9.61 Å². The minimum absolute atomic E-state index is 0.110. The number of nitrogens with zero attached hydrogens (tertiary/aromatic N) is 2. The smallest absolute Gasteiger partial charge is 0.256 e. The zero-order chi connectivity index (χ0) is 14.9. The molecule has 0 aliphatic heterocycles. The lowest BCUT2D eigenvalue weighted by atomic mass is 10.0. The van der Waals surface area contributed by atoms with Gasteiger partial charge in [0.2, 0.25) is 0 Å². The summed E-state index contributed by atoms with van der Waals surface area (Å²) in [5.74, 6) is -0.110. The van der Waals surface area contributed by atoms with Gasteiger partial charge in [-0.15, -0.1) is 0 Å². The number of anilines is 1. The van der Waals surface area contributed by atoms with Crippen LogP contribution in [0.1, 0.15) is 10.4 Å². The second-order valence-electron chi connectivity index (χ2n) is 5.10. The third-order valence-corrected chi connectivity index (χ3v) is 3.69. The molecule has 0 aliphatic carbocycles. The topological polar surface area (TPSA) is 46.4 Å².